The molecule has 0 aromatic carbocycles. The third kappa shape index (κ3) is 4.64. The third-order valence-corrected chi connectivity index (χ3v) is 3.71. The van der Waals surface area contributed by atoms with Crippen molar-refractivity contribution in [3.8, 4) is 0 Å². The predicted octanol–water partition coefficient (Wildman–Crippen LogP) is 2.21. The van der Waals surface area contributed by atoms with Crippen LogP contribution in [0.2, 0.25) is 0 Å². The number of furan rings is 1. The number of hydrogen-bond donors (Lipinski definition) is 2. The summed E-state index contributed by atoms with van der Waals surface area (Å²) in [5, 5.41) is 14.2. The summed E-state index contributed by atoms with van der Waals surface area (Å²) in [5.41, 5.74) is 0. The van der Waals surface area contributed by atoms with E-state index in [0.29, 0.717) is 9.80 Å². The molecule has 0 radical (unpaired) electrons. The summed E-state index contributed by atoms with van der Waals surface area (Å²) in [6, 6.07) is 3.12. The van der Waals surface area contributed by atoms with Gasteiger partial charge in [0.2, 0.25) is 11.0 Å². The van der Waals surface area contributed by atoms with Crippen molar-refractivity contribution >= 4 is 44.2 Å². The first-order valence-corrected chi connectivity index (χ1v) is 7.85. The van der Waals surface area contributed by atoms with E-state index in [4.69, 9.17) is 4.42 Å². The molecule has 0 aliphatic carbocycles. The van der Waals surface area contributed by atoms with E-state index in [1.807, 2.05) is 6.92 Å². The molecule has 112 valence electrons. The molecular formula is C12H13BrN4O3S. The van der Waals surface area contributed by atoms with Gasteiger partial charge in [0.15, 0.2) is 10.4 Å². The first-order chi connectivity index (χ1) is 10.1. The van der Waals surface area contributed by atoms with E-state index in [1.165, 1.54) is 17.4 Å². The zero-order chi connectivity index (χ0) is 15.2. The molecule has 0 saturated carbocycles. The Balaban J connectivity index is 1.80. The van der Waals surface area contributed by atoms with Crippen LogP contribution in [-0.2, 0) is 11.2 Å². The SMILES string of the molecule is CCCc1nnc(NC(=O)CNC(=O)c2ccc(Br)o2)s1. The van der Waals surface area contributed by atoms with Crippen LogP contribution in [0.25, 0.3) is 0 Å². The van der Waals surface area contributed by atoms with Crippen LogP contribution in [0.1, 0.15) is 28.9 Å². The van der Waals surface area contributed by atoms with Gasteiger partial charge in [-0.05, 0) is 34.5 Å². The second-order valence-corrected chi connectivity index (χ2v) is 5.93. The van der Waals surface area contributed by atoms with Gasteiger partial charge < -0.3 is 9.73 Å². The number of nitrogens with zero attached hydrogens (tertiary/aromatic N) is 2. The van der Waals surface area contributed by atoms with Crippen molar-refractivity contribution < 1.29 is 14.0 Å². The highest BCUT2D eigenvalue weighted by molar-refractivity contribution is 9.10. The Morgan fingerprint density at radius 3 is 2.86 bits per heavy atom. The van der Waals surface area contributed by atoms with Gasteiger partial charge in [0.25, 0.3) is 5.91 Å². The van der Waals surface area contributed by atoms with E-state index in [2.05, 4.69) is 36.8 Å². The van der Waals surface area contributed by atoms with Gasteiger partial charge in [-0.15, -0.1) is 10.2 Å². The number of halogens is 1. The van der Waals surface area contributed by atoms with Crippen LogP contribution in [0.5, 0.6) is 0 Å². The van der Waals surface area contributed by atoms with Crippen LogP contribution in [0, 0.1) is 0 Å². The van der Waals surface area contributed by atoms with Gasteiger partial charge >= 0.3 is 0 Å². The maximum absolute atomic E-state index is 11.7. The lowest BCUT2D eigenvalue weighted by molar-refractivity contribution is -0.115. The topological polar surface area (TPSA) is 97.1 Å². The van der Waals surface area contributed by atoms with Crippen LogP contribution in [0.3, 0.4) is 0 Å². The number of anilines is 1. The Kier molecular flexibility index (Phi) is 5.45. The summed E-state index contributed by atoms with van der Waals surface area (Å²) in [6.45, 7) is 1.88. The number of rotatable bonds is 6. The number of aromatic nitrogens is 2. The van der Waals surface area contributed by atoms with E-state index in [9.17, 15) is 9.59 Å². The number of hydrogen-bond acceptors (Lipinski definition) is 6. The van der Waals surface area contributed by atoms with Crippen LogP contribution < -0.4 is 10.6 Å². The van der Waals surface area contributed by atoms with E-state index >= 15 is 0 Å². The lowest BCUT2D eigenvalue weighted by atomic mass is 10.4. The molecule has 7 nitrogen and oxygen atoms in total. The molecule has 0 aliphatic rings. The fourth-order valence-corrected chi connectivity index (χ4v) is 2.63. The number of nitrogens with one attached hydrogen (secondary N) is 2. The molecule has 0 bridgehead atoms. The molecule has 2 aromatic rings. The zero-order valence-electron chi connectivity index (χ0n) is 11.2. The van der Waals surface area contributed by atoms with Gasteiger partial charge in [0.1, 0.15) is 5.01 Å². The molecule has 21 heavy (non-hydrogen) atoms. The standard InChI is InChI=1S/C12H13BrN4O3S/c1-2-3-10-16-17-12(21-10)15-9(18)6-14-11(19)7-4-5-8(13)20-7/h4-5H,2-3,6H2,1H3,(H,14,19)(H,15,17,18). The number of carbonyl (C=O) groups excluding carboxylic acids is 2. The lowest BCUT2D eigenvalue weighted by Gasteiger charge is -2.02. The first kappa shape index (κ1) is 15.6. The number of carbonyl (C=O) groups is 2. The monoisotopic (exact) mass is 372 g/mol. The second-order valence-electron chi connectivity index (χ2n) is 4.09. The van der Waals surface area contributed by atoms with Gasteiger partial charge in [-0.3, -0.25) is 14.9 Å². The summed E-state index contributed by atoms with van der Waals surface area (Å²) in [6.07, 6.45) is 1.80. The predicted molar refractivity (Wildman–Crippen MR) is 81.3 cm³/mol. The molecule has 2 heterocycles. The van der Waals surface area contributed by atoms with Gasteiger partial charge in [-0.1, -0.05) is 18.3 Å². The van der Waals surface area contributed by atoms with Gasteiger partial charge in [-0.25, -0.2) is 0 Å². The largest absolute Gasteiger partial charge is 0.444 e. The Hall–Kier alpha value is -1.74. The first-order valence-electron chi connectivity index (χ1n) is 6.24. The zero-order valence-corrected chi connectivity index (χ0v) is 13.6. The Labute approximate surface area is 133 Å². The van der Waals surface area contributed by atoms with Crippen LogP contribution >= 0.6 is 27.3 Å². The summed E-state index contributed by atoms with van der Waals surface area (Å²) >= 11 is 4.43. The van der Waals surface area contributed by atoms with Crippen molar-refractivity contribution in [2.75, 3.05) is 11.9 Å². The normalized spacial score (nSPS) is 10.4. The minimum absolute atomic E-state index is 0.135. The highest BCUT2D eigenvalue weighted by Gasteiger charge is 2.13. The average molecular weight is 373 g/mol. The summed E-state index contributed by atoms with van der Waals surface area (Å²) < 4.78 is 5.53. The Morgan fingerprint density at radius 2 is 2.19 bits per heavy atom. The molecule has 2 amide bonds. The molecule has 0 atom stereocenters. The molecule has 0 saturated heterocycles. The quantitative estimate of drug-likeness (QED) is 0.809. The highest BCUT2D eigenvalue weighted by atomic mass is 79.9. The van der Waals surface area contributed by atoms with E-state index in [-0.39, 0.29) is 18.2 Å². The van der Waals surface area contributed by atoms with E-state index in [1.54, 1.807) is 6.07 Å². The van der Waals surface area contributed by atoms with E-state index < -0.39 is 5.91 Å². The summed E-state index contributed by atoms with van der Waals surface area (Å²) in [7, 11) is 0. The van der Waals surface area contributed by atoms with Gasteiger partial charge in [-0.2, -0.15) is 0 Å². The summed E-state index contributed by atoms with van der Waals surface area (Å²) in [5.74, 6) is -0.691. The van der Waals surface area contributed by atoms with Crippen molar-refractivity contribution in [2.24, 2.45) is 0 Å². The molecule has 0 aliphatic heterocycles. The van der Waals surface area contributed by atoms with Gasteiger partial charge in [0, 0.05) is 6.42 Å². The van der Waals surface area contributed by atoms with Crippen molar-refractivity contribution in [3.05, 3.63) is 27.6 Å². The molecule has 0 fully saturated rings. The maximum atomic E-state index is 11.7. The molecular weight excluding hydrogens is 360 g/mol. The number of amides is 2. The molecule has 0 spiro atoms. The Morgan fingerprint density at radius 1 is 1.38 bits per heavy atom. The fourth-order valence-electron chi connectivity index (χ4n) is 1.47. The molecule has 2 rings (SSSR count). The molecule has 2 aromatic heterocycles. The highest BCUT2D eigenvalue weighted by Crippen LogP contribution is 2.16. The maximum Gasteiger partial charge on any atom is 0.287 e. The fraction of sp³-hybridized carbons (Fsp3) is 0.333. The second kappa shape index (κ2) is 7.32. The molecule has 0 unspecified atom stereocenters. The molecule has 2 N–H and O–H groups in total. The number of aryl methyl sites for hydroxylation is 1. The van der Waals surface area contributed by atoms with Crippen LogP contribution in [0.4, 0.5) is 5.13 Å². The minimum Gasteiger partial charge on any atom is -0.444 e. The van der Waals surface area contributed by atoms with Crippen molar-refractivity contribution in [1.29, 1.82) is 0 Å². The van der Waals surface area contributed by atoms with Crippen LogP contribution in [0.15, 0.2) is 21.2 Å². The summed E-state index contributed by atoms with van der Waals surface area (Å²) in [4.78, 5) is 23.4. The average Bonchev–Trinajstić information content (AvgIpc) is 3.06. The van der Waals surface area contributed by atoms with Crippen molar-refractivity contribution in [3.63, 3.8) is 0 Å². The smallest absolute Gasteiger partial charge is 0.287 e. The third-order valence-electron chi connectivity index (χ3n) is 2.38. The Bertz CT molecular complexity index is 640. The van der Waals surface area contributed by atoms with E-state index in [0.717, 1.165) is 17.8 Å². The van der Waals surface area contributed by atoms with Crippen LogP contribution in [-0.4, -0.2) is 28.6 Å². The lowest BCUT2D eigenvalue weighted by Crippen LogP contribution is -2.32. The minimum atomic E-state index is -0.459. The molecule has 9 heteroatoms. The van der Waals surface area contributed by atoms with Gasteiger partial charge in [0.05, 0.1) is 6.54 Å². The van der Waals surface area contributed by atoms with Crippen molar-refractivity contribution in [2.45, 2.75) is 19.8 Å². The van der Waals surface area contributed by atoms with Crippen molar-refractivity contribution in [1.82, 2.24) is 15.5 Å².